The molecule has 0 saturated carbocycles. The van der Waals surface area contributed by atoms with E-state index in [1.165, 1.54) is 7.11 Å². The zero-order valence-corrected chi connectivity index (χ0v) is 12.5. The zero-order valence-electron chi connectivity index (χ0n) is 12.5. The van der Waals surface area contributed by atoms with Crippen LogP contribution in [0.1, 0.15) is 53.4 Å². The van der Waals surface area contributed by atoms with E-state index in [0.29, 0.717) is 12.7 Å². The van der Waals surface area contributed by atoms with Crippen molar-refractivity contribution < 1.29 is 14.3 Å². The molecule has 0 aromatic rings. The molecule has 0 heterocycles. The summed E-state index contributed by atoms with van der Waals surface area (Å²) in [5, 5.41) is 3.19. The number of nitrogens with one attached hydrogen (secondary N) is 1. The molecule has 0 rings (SSSR count). The summed E-state index contributed by atoms with van der Waals surface area (Å²) in [6.07, 6.45) is 4.11. The summed E-state index contributed by atoms with van der Waals surface area (Å²) in [6, 6.07) is 0. The maximum absolute atomic E-state index is 11.7. The van der Waals surface area contributed by atoms with E-state index in [0.717, 1.165) is 32.2 Å². The van der Waals surface area contributed by atoms with Gasteiger partial charge in [0.05, 0.1) is 13.2 Å². The fourth-order valence-corrected chi connectivity index (χ4v) is 2.08. The molecular weight excluding hydrogens is 230 g/mol. The predicted octanol–water partition coefficient (Wildman–Crippen LogP) is 2.51. The third kappa shape index (κ3) is 6.36. The first-order valence-electron chi connectivity index (χ1n) is 6.95. The normalized spacial score (nSPS) is 16.1. The van der Waals surface area contributed by atoms with Crippen molar-refractivity contribution in [2.75, 3.05) is 20.3 Å². The molecule has 0 amide bonds. The summed E-state index contributed by atoms with van der Waals surface area (Å²) >= 11 is 0. The van der Waals surface area contributed by atoms with Gasteiger partial charge >= 0.3 is 5.97 Å². The largest absolute Gasteiger partial charge is 0.468 e. The lowest BCUT2D eigenvalue weighted by molar-refractivity contribution is -0.148. The SMILES string of the molecule is CCCC(C)OCCCC(C)(NCC)C(=O)OC. The topological polar surface area (TPSA) is 47.6 Å². The molecule has 0 aliphatic carbocycles. The Labute approximate surface area is 111 Å². The first-order chi connectivity index (χ1) is 8.50. The Hall–Kier alpha value is -0.610. The van der Waals surface area contributed by atoms with Crippen molar-refractivity contribution in [3.63, 3.8) is 0 Å². The number of esters is 1. The standard InChI is InChI=1S/C14H29NO3/c1-6-9-12(3)18-11-8-10-14(4,15-7-2)13(16)17-5/h12,15H,6-11H2,1-5H3. The van der Waals surface area contributed by atoms with Crippen LogP contribution in [0.15, 0.2) is 0 Å². The van der Waals surface area contributed by atoms with Crippen LogP contribution >= 0.6 is 0 Å². The second-order valence-corrected chi connectivity index (χ2v) is 4.93. The van der Waals surface area contributed by atoms with Crippen molar-refractivity contribution in [1.82, 2.24) is 5.32 Å². The van der Waals surface area contributed by atoms with Crippen molar-refractivity contribution >= 4 is 5.97 Å². The Morgan fingerprint density at radius 2 is 2.06 bits per heavy atom. The van der Waals surface area contributed by atoms with Crippen molar-refractivity contribution in [2.24, 2.45) is 0 Å². The highest BCUT2D eigenvalue weighted by atomic mass is 16.5. The molecule has 1 N–H and O–H groups in total. The first-order valence-corrected chi connectivity index (χ1v) is 6.95. The van der Waals surface area contributed by atoms with Crippen LogP contribution in [0.4, 0.5) is 0 Å². The number of methoxy groups -OCH3 is 1. The van der Waals surface area contributed by atoms with Gasteiger partial charge in [0.15, 0.2) is 0 Å². The summed E-state index contributed by atoms with van der Waals surface area (Å²) in [5.41, 5.74) is -0.596. The molecule has 2 atom stereocenters. The van der Waals surface area contributed by atoms with Gasteiger partial charge in [-0.3, -0.25) is 4.79 Å². The molecule has 2 unspecified atom stereocenters. The first kappa shape index (κ1) is 17.4. The fourth-order valence-electron chi connectivity index (χ4n) is 2.08. The van der Waals surface area contributed by atoms with Crippen LogP contribution in [-0.4, -0.2) is 37.9 Å². The van der Waals surface area contributed by atoms with Gasteiger partial charge in [0.2, 0.25) is 0 Å². The lowest BCUT2D eigenvalue weighted by atomic mass is 9.96. The molecule has 0 radical (unpaired) electrons. The molecule has 4 nitrogen and oxygen atoms in total. The highest BCUT2D eigenvalue weighted by molar-refractivity contribution is 5.80. The van der Waals surface area contributed by atoms with Gasteiger partial charge in [0, 0.05) is 6.61 Å². The Morgan fingerprint density at radius 1 is 1.39 bits per heavy atom. The van der Waals surface area contributed by atoms with Crippen molar-refractivity contribution in [3.8, 4) is 0 Å². The molecule has 0 aliphatic heterocycles. The quantitative estimate of drug-likeness (QED) is 0.484. The summed E-state index contributed by atoms with van der Waals surface area (Å²) in [7, 11) is 1.43. The number of hydrogen-bond donors (Lipinski definition) is 1. The van der Waals surface area contributed by atoms with Crippen LogP contribution in [0.3, 0.4) is 0 Å². The number of carbonyl (C=O) groups excluding carboxylic acids is 1. The van der Waals surface area contributed by atoms with E-state index in [9.17, 15) is 4.79 Å². The lowest BCUT2D eigenvalue weighted by Gasteiger charge is -2.27. The van der Waals surface area contributed by atoms with Crippen LogP contribution in [0.2, 0.25) is 0 Å². The summed E-state index contributed by atoms with van der Waals surface area (Å²) < 4.78 is 10.5. The van der Waals surface area contributed by atoms with E-state index in [1.807, 2.05) is 13.8 Å². The second kappa shape index (κ2) is 9.34. The van der Waals surface area contributed by atoms with Gasteiger partial charge < -0.3 is 14.8 Å². The van der Waals surface area contributed by atoms with E-state index < -0.39 is 5.54 Å². The maximum Gasteiger partial charge on any atom is 0.325 e. The van der Waals surface area contributed by atoms with Crippen LogP contribution < -0.4 is 5.32 Å². The number of hydrogen-bond acceptors (Lipinski definition) is 4. The Bertz CT molecular complexity index is 233. The minimum absolute atomic E-state index is 0.203. The third-order valence-electron chi connectivity index (χ3n) is 3.12. The molecule has 108 valence electrons. The van der Waals surface area contributed by atoms with Crippen LogP contribution in [-0.2, 0) is 14.3 Å². The Morgan fingerprint density at radius 3 is 2.56 bits per heavy atom. The molecule has 0 aliphatic rings. The molecule has 0 spiro atoms. The van der Waals surface area contributed by atoms with Gasteiger partial charge in [-0.1, -0.05) is 20.3 Å². The second-order valence-electron chi connectivity index (χ2n) is 4.93. The fraction of sp³-hybridized carbons (Fsp3) is 0.929. The van der Waals surface area contributed by atoms with Gasteiger partial charge in [0.25, 0.3) is 0 Å². The number of rotatable bonds is 10. The van der Waals surface area contributed by atoms with Crippen molar-refractivity contribution in [2.45, 2.75) is 65.0 Å². The van der Waals surface area contributed by atoms with Crippen molar-refractivity contribution in [1.29, 1.82) is 0 Å². The molecule has 4 heteroatoms. The van der Waals surface area contributed by atoms with Crippen molar-refractivity contribution in [3.05, 3.63) is 0 Å². The van der Waals surface area contributed by atoms with E-state index in [1.54, 1.807) is 0 Å². The van der Waals surface area contributed by atoms with Crippen LogP contribution in [0.5, 0.6) is 0 Å². The maximum atomic E-state index is 11.7. The molecule has 0 fully saturated rings. The average molecular weight is 259 g/mol. The zero-order chi connectivity index (χ0) is 14.0. The summed E-state index contributed by atoms with van der Waals surface area (Å²) in [4.78, 5) is 11.7. The summed E-state index contributed by atoms with van der Waals surface area (Å²) in [6.45, 7) is 9.56. The Balaban J connectivity index is 4.01. The smallest absolute Gasteiger partial charge is 0.325 e. The van der Waals surface area contributed by atoms with Crippen LogP contribution in [0, 0.1) is 0 Å². The molecule has 0 aromatic heterocycles. The number of likely N-dealkylation sites (N-methyl/N-ethyl adjacent to an activating group) is 1. The van der Waals surface area contributed by atoms with Gasteiger partial charge in [-0.25, -0.2) is 0 Å². The van der Waals surface area contributed by atoms with E-state index in [4.69, 9.17) is 9.47 Å². The molecule has 0 bridgehead atoms. The van der Waals surface area contributed by atoms with Gasteiger partial charge in [-0.2, -0.15) is 0 Å². The van der Waals surface area contributed by atoms with Gasteiger partial charge in [0.1, 0.15) is 5.54 Å². The van der Waals surface area contributed by atoms with Gasteiger partial charge in [-0.05, 0) is 39.7 Å². The predicted molar refractivity (Wildman–Crippen MR) is 73.7 cm³/mol. The van der Waals surface area contributed by atoms with E-state index in [2.05, 4.69) is 19.2 Å². The average Bonchev–Trinajstić information content (AvgIpc) is 2.34. The third-order valence-corrected chi connectivity index (χ3v) is 3.12. The van der Waals surface area contributed by atoms with Gasteiger partial charge in [-0.15, -0.1) is 0 Å². The van der Waals surface area contributed by atoms with Crippen LogP contribution in [0.25, 0.3) is 0 Å². The summed E-state index contributed by atoms with van der Waals surface area (Å²) in [5.74, 6) is -0.203. The minimum atomic E-state index is -0.596. The number of carbonyl (C=O) groups is 1. The minimum Gasteiger partial charge on any atom is -0.468 e. The lowest BCUT2D eigenvalue weighted by Crippen LogP contribution is -2.50. The Kier molecular flexibility index (Phi) is 9.02. The van der Waals surface area contributed by atoms with E-state index >= 15 is 0 Å². The highest BCUT2D eigenvalue weighted by Crippen LogP contribution is 2.15. The molecule has 18 heavy (non-hydrogen) atoms. The monoisotopic (exact) mass is 259 g/mol. The number of ether oxygens (including phenoxy) is 2. The molecule has 0 aromatic carbocycles. The molecule has 0 saturated heterocycles. The molecular formula is C14H29NO3. The highest BCUT2D eigenvalue weighted by Gasteiger charge is 2.32. The van der Waals surface area contributed by atoms with E-state index in [-0.39, 0.29) is 5.97 Å².